The van der Waals surface area contributed by atoms with E-state index in [9.17, 15) is 14.0 Å². The lowest BCUT2D eigenvalue weighted by molar-refractivity contribution is -0.117. The van der Waals surface area contributed by atoms with Crippen LogP contribution in [0.5, 0.6) is 0 Å². The zero-order valence-electron chi connectivity index (χ0n) is 13.8. The normalized spacial score (nSPS) is 14.7. The van der Waals surface area contributed by atoms with Crippen molar-refractivity contribution < 1.29 is 14.0 Å². The Morgan fingerprint density at radius 2 is 2.00 bits per heavy atom. The molecule has 1 fully saturated rings. The number of amides is 2. The van der Waals surface area contributed by atoms with Gasteiger partial charge in [0.05, 0.1) is 11.3 Å². The molecule has 0 radical (unpaired) electrons. The Morgan fingerprint density at radius 3 is 2.72 bits per heavy atom. The van der Waals surface area contributed by atoms with Crippen LogP contribution < -0.4 is 10.3 Å². The topological polar surface area (TPSA) is 61.8 Å². The average Bonchev–Trinajstić information content (AvgIpc) is 3.06. The Bertz CT molecular complexity index is 848. The largest absolute Gasteiger partial charge is 0.312 e. The van der Waals surface area contributed by atoms with Gasteiger partial charge in [-0.15, -0.1) is 0 Å². The predicted octanol–water partition coefficient (Wildman–Crippen LogP) is 3.11. The number of hydrogen-bond acceptors (Lipinski definition) is 3. The summed E-state index contributed by atoms with van der Waals surface area (Å²) in [5.41, 5.74) is 4.47. The van der Waals surface area contributed by atoms with E-state index in [1.54, 1.807) is 17.9 Å². The van der Waals surface area contributed by atoms with Gasteiger partial charge in [-0.1, -0.05) is 24.3 Å². The fraction of sp³-hybridized carbons (Fsp3) is 0.211. The molecule has 2 amide bonds. The van der Waals surface area contributed by atoms with E-state index < -0.39 is 11.7 Å². The van der Waals surface area contributed by atoms with Crippen molar-refractivity contribution in [2.45, 2.75) is 19.8 Å². The summed E-state index contributed by atoms with van der Waals surface area (Å²) < 4.78 is 13.6. The molecular weight excluding hydrogens is 321 g/mol. The first-order valence-electron chi connectivity index (χ1n) is 8.06. The van der Waals surface area contributed by atoms with Gasteiger partial charge in [0, 0.05) is 18.7 Å². The van der Waals surface area contributed by atoms with Gasteiger partial charge in [-0.3, -0.25) is 9.59 Å². The molecule has 0 bridgehead atoms. The van der Waals surface area contributed by atoms with Crippen LogP contribution in [0.4, 0.5) is 10.1 Å². The van der Waals surface area contributed by atoms with Crippen LogP contribution >= 0.6 is 0 Å². The van der Waals surface area contributed by atoms with Crippen molar-refractivity contribution in [3.63, 3.8) is 0 Å². The Morgan fingerprint density at radius 1 is 1.20 bits per heavy atom. The Balaban J connectivity index is 1.75. The molecular formula is C19H18FN3O2. The minimum Gasteiger partial charge on any atom is -0.312 e. The summed E-state index contributed by atoms with van der Waals surface area (Å²) in [6, 6.07) is 13.1. The van der Waals surface area contributed by atoms with Gasteiger partial charge in [-0.2, -0.15) is 5.10 Å². The predicted molar refractivity (Wildman–Crippen MR) is 94.1 cm³/mol. The van der Waals surface area contributed by atoms with Crippen LogP contribution in [-0.4, -0.2) is 24.1 Å². The molecule has 128 valence electrons. The Kier molecular flexibility index (Phi) is 4.88. The van der Waals surface area contributed by atoms with E-state index in [0.29, 0.717) is 18.7 Å². The molecule has 0 saturated carbocycles. The van der Waals surface area contributed by atoms with Crippen LogP contribution in [-0.2, 0) is 4.79 Å². The van der Waals surface area contributed by atoms with Gasteiger partial charge in [0.1, 0.15) is 5.82 Å². The van der Waals surface area contributed by atoms with Crippen molar-refractivity contribution in [2.24, 2.45) is 5.10 Å². The second-order valence-electron chi connectivity index (χ2n) is 5.82. The Labute approximate surface area is 145 Å². The maximum absolute atomic E-state index is 13.6. The lowest BCUT2D eigenvalue weighted by Crippen LogP contribution is -2.24. The molecule has 3 rings (SSSR count). The number of carbonyl (C=O) groups is 2. The SMILES string of the molecule is C/C(=N/NC(=O)c1ccccc1F)c1cccc(N2CCCC2=O)c1. The molecule has 0 unspecified atom stereocenters. The molecule has 1 saturated heterocycles. The summed E-state index contributed by atoms with van der Waals surface area (Å²) >= 11 is 0. The third kappa shape index (κ3) is 3.74. The molecule has 1 aliphatic heterocycles. The first kappa shape index (κ1) is 16.8. The third-order valence-corrected chi connectivity index (χ3v) is 4.09. The molecule has 5 nitrogen and oxygen atoms in total. The first-order valence-corrected chi connectivity index (χ1v) is 8.06. The molecule has 1 heterocycles. The van der Waals surface area contributed by atoms with E-state index in [0.717, 1.165) is 17.7 Å². The number of anilines is 1. The van der Waals surface area contributed by atoms with E-state index in [-0.39, 0.29) is 11.5 Å². The van der Waals surface area contributed by atoms with Crippen LogP contribution in [0.15, 0.2) is 53.6 Å². The second-order valence-corrected chi connectivity index (χ2v) is 5.82. The van der Waals surface area contributed by atoms with Gasteiger partial charge in [0.15, 0.2) is 0 Å². The number of benzene rings is 2. The minimum atomic E-state index is -0.608. The molecule has 0 aliphatic carbocycles. The smallest absolute Gasteiger partial charge is 0.274 e. The van der Waals surface area contributed by atoms with Crippen molar-refractivity contribution in [3.8, 4) is 0 Å². The summed E-state index contributed by atoms with van der Waals surface area (Å²) in [6.07, 6.45) is 1.42. The maximum atomic E-state index is 13.6. The average molecular weight is 339 g/mol. The standard InChI is InChI=1S/C19H18FN3O2/c1-13(21-22-19(25)16-8-2-3-9-17(16)20)14-6-4-7-15(12-14)23-11-5-10-18(23)24/h2-4,6-9,12H,5,10-11H2,1H3,(H,22,25)/b21-13-. The molecule has 2 aromatic carbocycles. The van der Waals surface area contributed by atoms with Crippen molar-refractivity contribution in [1.29, 1.82) is 0 Å². The lowest BCUT2D eigenvalue weighted by Gasteiger charge is -2.16. The first-order chi connectivity index (χ1) is 12.1. The van der Waals surface area contributed by atoms with E-state index >= 15 is 0 Å². The maximum Gasteiger partial charge on any atom is 0.274 e. The highest BCUT2D eigenvalue weighted by Crippen LogP contribution is 2.22. The van der Waals surface area contributed by atoms with Gasteiger partial charge < -0.3 is 4.90 Å². The van der Waals surface area contributed by atoms with Crippen LogP contribution in [0.25, 0.3) is 0 Å². The molecule has 25 heavy (non-hydrogen) atoms. The second kappa shape index (κ2) is 7.25. The van der Waals surface area contributed by atoms with Crippen molar-refractivity contribution >= 4 is 23.2 Å². The highest BCUT2D eigenvalue weighted by Gasteiger charge is 2.21. The third-order valence-electron chi connectivity index (χ3n) is 4.09. The summed E-state index contributed by atoms with van der Waals surface area (Å²) in [4.78, 5) is 25.6. The molecule has 1 N–H and O–H groups in total. The number of nitrogens with zero attached hydrogens (tertiary/aromatic N) is 2. The molecule has 1 aliphatic rings. The molecule has 0 aromatic heterocycles. The summed E-state index contributed by atoms with van der Waals surface area (Å²) in [5.74, 6) is -1.09. The lowest BCUT2D eigenvalue weighted by atomic mass is 10.1. The minimum absolute atomic E-state index is 0.0598. The number of halogens is 1. The zero-order chi connectivity index (χ0) is 17.8. The number of rotatable bonds is 4. The molecule has 0 atom stereocenters. The number of carbonyl (C=O) groups excluding carboxylic acids is 2. The molecule has 6 heteroatoms. The van der Waals surface area contributed by atoms with Gasteiger partial charge in [0.2, 0.25) is 5.91 Å². The van der Waals surface area contributed by atoms with Gasteiger partial charge in [-0.05, 0) is 43.2 Å². The highest BCUT2D eigenvalue weighted by molar-refractivity contribution is 6.02. The van der Waals surface area contributed by atoms with Crippen LogP contribution in [0.1, 0.15) is 35.7 Å². The molecule has 2 aromatic rings. The van der Waals surface area contributed by atoms with E-state index in [4.69, 9.17) is 0 Å². The van der Waals surface area contributed by atoms with Crippen LogP contribution in [0.2, 0.25) is 0 Å². The van der Waals surface area contributed by atoms with Crippen molar-refractivity contribution in [3.05, 3.63) is 65.5 Å². The monoisotopic (exact) mass is 339 g/mol. The van der Waals surface area contributed by atoms with E-state index in [2.05, 4.69) is 10.5 Å². The summed E-state index contributed by atoms with van der Waals surface area (Å²) in [7, 11) is 0. The number of hydrogen-bond donors (Lipinski definition) is 1. The van der Waals surface area contributed by atoms with E-state index in [1.165, 1.54) is 18.2 Å². The van der Waals surface area contributed by atoms with Crippen LogP contribution in [0, 0.1) is 5.82 Å². The number of nitrogens with one attached hydrogen (secondary N) is 1. The Hall–Kier alpha value is -3.02. The summed E-state index contributed by atoms with van der Waals surface area (Å²) in [6.45, 7) is 2.45. The number of hydrazone groups is 1. The van der Waals surface area contributed by atoms with Crippen LogP contribution in [0.3, 0.4) is 0 Å². The van der Waals surface area contributed by atoms with Crippen molar-refractivity contribution in [2.75, 3.05) is 11.4 Å². The summed E-state index contributed by atoms with van der Waals surface area (Å²) in [5, 5.41) is 4.05. The molecule has 0 spiro atoms. The fourth-order valence-electron chi connectivity index (χ4n) is 2.72. The fourth-order valence-corrected chi connectivity index (χ4v) is 2.72. The van der Waals surface area contributed by atoms with Gasteiger partial charge >= 0.3 is 0 Å². The zero-order valence-corrected chi connectivity index (χ0v) is 13.8. The van der Waals surface area contributed by atoms with Gasteiger partial charge in [0.25, 0.3) is 5.91 Å². The highest BCUT2D eigenvalue weighted by atomic mass is 19.1. The van der Waals surface area contributed by atoms with Crippen molar-refractivity contribution in [1.82, 2.24) is 5.43 Å². The van der Waals surface area contributed by atoms with E-state index in [1.807, 2.05) is 24.3 Å². The quantitative estimate of drug-likeness (QED) is 0.687. The van der Waals surface area contributed by atoms with Gasteiger partial charge in [-0.25, -0.2) is 9.82 Å².